The maximum atomic E-state index is 12.0. The van der Waals surface area contributed by atoms with Crippen LogP contribution in [0.15, 0.2) is 24.3 Å². The van der Waals surface area contributed by atoms with E-state index in [-0.39, 0.29) is 47.8 Å². The zero-order chi connectivity index (χ0) is 14.5. The number of benzene rings is 1. The zero-order valence-corrected chi connectivity index (χ0v) is 11.2. The number of ether oxygens (including phenoxy) is 4. The van der Waals surface area contributed by atoms with E-state index in [2.05, 4.69) is 0 Å². The molecule has 0 bridgehead atoms. The van der Waals surface area contributed by atoms with Crippen molar-refractivity contribution in [2.75, 3.05) is 27.8 Å². The first kappa shape index (κ1) is 14.2. The fraction of sp³-hybridized carbons (Fsp3) is 0.286. The molecule has 0 radical (unpaired) electrons. The predicted octanol–water partition coefficient (Wildman–Crippen LogP) is 1.59. The lowest BCUT2D eigenvalue weighted by Crippen LogP contribution is -2.16. The van der Waals surface area contributed by atoms with E-state index in [0.29, 0.717) is 0 Å². The van der Waals surface area contributed by atoms with Gasteiger partial charge < -0.3 is 18.9 Å². The molecule has 0 saturated carbocycles. The second-order valence-corrected chi connectivity index (χ2v) is 3.98. The molecule has 1 aromatic carbocycles. The van der Waals surface area contributed by atoms with Gasteiger partial charge in [0.05, 0.1) is 11.1 Å². The number of fused-ring (bicyclic) bond motifs is 1. The summed E-state index contributed by atoms with van der Waals surface area (Å²) in [5.41, 5.74) is 0.367. The zero-order valence-electron chi connectivity index (χ0n) is 11.2. The summed E-state index contributed by atoms with van der Waals surface area (Å²) in [5.74, 6) is -0.0502. The summed E-state index contributed by atoms with van der Waals surface area (Å²) in [6.07, 6.45) is 2.43. The van der Waals surface area contributed by atoms with Crippen LogP contribution in [0.25, 0.3) is 0 Å². The van der Waals surface area contributed by atoms with Gasteiger partial charge in [-0.25, -0.2) is 0 Å². The first-order valence-corrected chi connectivity index (χ1v) is 5.86. The maximum Gasteiger partial charge on any atom is 0.190 e. The Morgan fingerprint density at radius 2 is 1.20 bits per heavy atom. The molecule has 0 saturated heterocycles. The molecule has 0 unspecified atom stereocenters. The Labute approximate surface area is 115 Å². The molecule has 0 aliphatic heterocycles. The van der Waals surface area contributed by atoms with E-state index in [1.165, 1.54) is 26.4 Å². The Morgan fingerprint density at radius 1 is 0.800 bits per heavy atom. The van der Waals surface area contributed by atoms with Crippen LogP contribution in [0, 0.1) is 0 Å². The summed E-state index contributed by atoms with van der Waals surface area (Å²) < 4.78 is 20.2. The van der Waals surface area contributed by atoms with Gasteiger partial charge in [-0.05, 0) is 24.3 Å². The minimum absolute atomic E-state index is 0.0180. The summed E-state index contributed by atoms with van der Waals surface area (Å²) in [6, 6.07) is 3.13. The predicted molar refractivity (Wildman–Crippen MR) is 69.3 cm³/mol. The van der Waals surface area contributed by atoms with Crippen LogP contribution in [0.2, 0.25) is 0 Å². The monoisotopic (exact) mass is 278 g/mol. The molecule has 0 heterocycles. The molecule has 0 atom stereocenters. The fourth-order valence-electron chi connectivity index (χ4n) is 1.86. The lowest BCUT2D eigenvalue weighted by atomic mass is 9.93. The van der Waals surface area contributed by atoms with Gasteiger partial charge in [0.25, 0.3) is 0 Å². The molecule has 2 rings (SSSR count). The number of hydrogen-bond acceptors (Lipinski definition) is 6. The highest BCUT2D eigenvalue weighted by atomic mass is 16.7. The van der Waals surface area contributed by atoms with Crippen molar-refractivity contribution < 1.29 is 28.5 Å². The van der Waals surface area contributed by atoms with Crippen LogP contribution < -0.4 is 9.47 Å². The highest BCUT2D eigenvalue weighted by molar-refractivity contribution is 6.24. The van der Waals surface area contributed by atoms with Gasteiger partial charge in [0.2, 0.25) is 0 Å². The molecule has 0 spiro atoms. The third-order valence-corrected chi connectivity index (χ3v) is 2.67. The van der Waals surface area contributed by atoms with Crippen LogP contribution in [-0.4, -0.2) is 39.4 Å². The molecule has 1 aromatic rings. The van der Waals surface area contributed by atoms with E-state index in [0.717, 1.165) is 0 Å². The van der Waals surface area contributed by atoms with Gasteiger partial charge in [-0.1, -0.05) is 0 Å². The summed E-state index contributed by atoms with van der Waals surface area (Å²) in [5, 5.41) is 0. The molecule has 0 N–H and O–H groups in total. The van der Waals surface area contributed by atoms with Gasteiger partial charge in [-0.15, -0.1) is 0 Å². The van der Waals surface area contributed by atoms with Crippen molar-refractivity contribution >= 4 is 11.6 Å². The van der Waals surface area contributed by atoms with Crippen molar-refractivity contribution in [1.82, 2.24) is 0 Å². The van der Waals surface area contributed by atoms with Gasteiger partial charge >= 0.3 is 0 Å². The average molecular weight is 278 g/mol. The largest absolute Gasteiger partial charge is 0.467 e. The smallest absolute Gasteiger partial charge is 0.190 e. The van der Waals surface area contributed by atoms with Crippen molar-refractivity contribution in [2.45, 2.75) is 0 Å². The minimum Gasteiger partial charge on any atom is -0.467 e. The number of ketones is 2. The van der Waals surface area contributed by atoms with Gasteiger partial charge in [0.15, 0.2) is 25.2 Å². The number of allylic oxidation sites excluding steroid dienone is 2. The number of carbonyl (C=O) groups is 2. The van der Waals surface area contributed by atoms with Crippen LogP contribution in [0.1, 0.15) is 20.7 Å². The van der Waals surface area contributed by atoms with E-state index >= 15 is 0 Å². The van der Waals surface area contributed by atoms with Crippen LogP contribution in [0.3, 0.4) is 0 Å². The topological polar surface area (TPSA) is 71.1 Å². The summed E-state index contributed by atoms with van der Waals surface area (Å²) in [7, 11) is 2.94. The number of methoxy groups -OCH3 is 2. The van der Waals surface area contributed by atoms with Crippen LogP contribution in [0.5, 0.6) is 11.5 Å². The summed E-state index contributed by atoms with van der Waals surface area (Å²) in [4.78, 5) is 24.0. The van der Waals surface area contributed by atoms with E-state index < -0.39 is 0 Å². The molecule has 0 amide bonds. The number of rotatable bonds is 6. The second-order valence-electron chi connectivity index (χ2n) is 3.98. The molecular weight excluding hydrogens is 264 g/mol. The average Bonchev–Trinajstić information content (AvgIpc) is 2.46. The van der Waals surface area contributed by atoms with Gasteiger partial charge in [0.1, 0.15) is 11.5 Å². The Morgan fingerprint density at radius 3 is 1.55 bits per heavy atom. The van der Waals surface area contributed by atoms with Gasteiger partial charge in [-0.2, -0.15) is 0 Å². The lowest BCUT2D eigenvalue weighted by molar-refractivity contribution is 0.0469. The lowest BCUT2D eigenvalue weighted by Gasteiger charge is -2.18. The molecule has 1 aliphatic carbocycles. The number of carbonyl (C=O) groups excluding carboxylic acids is 2. The van der Waals surface area contributed by atoms with Crippen LogP contribution in [0.4, 0.5) is 0 Å². The Kier molecular flexibility index (Phi) is 4.49. The second kappa shape index (κ2) is 6.31. The summed E-state index contributed by atoms with van der Waals surface area (Å²) >= 11 is 0. The van der Waals surface area contributed by atoms with E-state index in [1.807, 2.05) is 0 Å². The molecule has 0 fully saturated rings. The van der Waals surface area contributed by atoms with Gasteiger partial charge in [-0.3, -0.25) is 9.59 Å². The SMILES string of the molecule is COCOc1ccc(OCOC)c2c1C(=O)C=CC2=O. The van der Waals surface area contributed by atoms with E-state index in [4.69, 9.17) is 18.9 Å². The highest BCUT2D eigenvalue weighted by Gasteiger charge is 2.27. The van der Waals surface area contributed by atoms with Crippen molar-refractivity contribution in [3.05, 3.63) is 35.4 Å². The molecule has 106 valence electrons. The van der Waals surface area contributed by atoms with Crippen molar-refractivity contribution in [3.63, 3.8) is 0 Å². The van der Waals surface area contributed by atoms with Crippen molar-refractivity contribution in [1.29, 1.82) is 0 Å². The van der Waals surface area contributed by atoms with Gasteiger partial charge in [0, 0.05) is 14.2 Å². The van der Waals surface area contributed by atoms with Crippen LogP contribution >= 0.6 is 0 Å². The Balaban J connectivity index is 2.48. The minimum atomic E-state index is -0.312. The number of hydrogen-bond donors (Lipinski definition) is 0. The quantitative estimate of drug-likeness (QED) is 0.736. The molecule has 6 nitrogen and oxygen atoms in total. The van der Waals surface area contributed by atoms with Crippen molar-refractivity contribution in [3.8, 4) is 11.5 Å². The third kappa shape index (κ3) is 2.71. The van der Waals surface area contributed by atoms with E-state index in [1.54, 1.807) is 12.1 Å². The molecular formula is C14H14O6. The Hall–Kier alpha value is -2.18. The molecule has 0 aromatic heterocycles. The molecule has 20 heavy (non-hydrogen) atoms. The highest BCUT2D eigenvalue weighted by Crippen LogP contribution is 2.34. The Bertz CT molecular complexity index is 512. The van der Waals surface area contributed by atoms with Crippen molar-refractivity contribution in [2.24, 2.45) is 0 Å². The first-order valence-electron chi connectivity index (χ1n) is 5.86. The summed E-state index contributed by atoms with van der Waals surface area (Å²) in [6.45, 7) is -0.0359. The van der Waals surface area contributed by atoms with Crippen LogP contribution in [-0.2, 0) is 9.47 Å². The first-order chi connectivity index (χ1) is 9.69. The van der Waals surface area contributed by atoms with E-state index in [9.17, 15) is 9.59 Å². The standard InChI is InChI=1S/C14H14O6/c1-17-7-19-11-5-6-12(20-8-18-2)14-10(16)4-3-9(15)13(11)14/h3-6H,7-8H2,1-2H3. The maximum absolute atomic E-state index is 12.0. The normalized spacial score (nSPS) is 13.3. The fourth-order valence-corrected chi connectivity index (χ4v) is 1.86. The molecule has 6 heteroatoms. The molecule has 1 aliphatic rings. The third-order valence-electron chi connectivity index (χ3n) is 2.67.